The van der Waals surface area contributed by atoms with Crippen LogP contribution in [0.25, 0.3) is 10.8 Å². The molecule has 1 N–H and O–H groups in total. The minimum atomic E-state index is -0.424. The summed E-state index contributed by atoms with van der Waals surface area (Å²) in [5, 5.41) is 6.06. The van der Waals surface area contributed by atoms with Gasteiger partial charge in [-0.3, -0.25) is 4.98 Å². The van der Waals surface area contributed by atoms with Crippen molar-refractivity contribution in [2.24, 2.45) is 0 Å². The van der Waals surface area contributed by atoms with E-state index in [1.807, 2.05) is 12.4 Å². The van der Waals surface area contributed by atoms with Crippen molar-refractivity contribution in [1.29, 1.82) is 0 Å². The summed E-state index contributed by atoms with van der Waals surface area (Å²) in [6.45, 7) is 0.821. The Balaban J connectivity index is 1.30. The first kappa shape index (κ1) is 16.3. The van der Waals surface area contributed by atoms with E-state index in [0.29, 0.717) is 11.8 Å². The minimum absolute atomic E-state index is 0.0944. The van der Waals surface area contributed by atoms with Crippen LogP contribution in [0.15, 0.2) is 54.9 Å². The topological polar surface area (TPSA) is 34.1 Å². The van der Waals surface area contributed by atoms with Gasteiger partial charge in [0.1, 0.15) is 17.7 Å². The van der Waals surface area contributed by atoms with Gasteiger partial charge in [0.15, 0.2) is 0 Å². The van der Waals surface area contributed by atoms with Gasteiger partial charge >= 0.3 is 0 Å². The Kier molecular flexibility index (Phi) is 4.55. The van der Waals surface area contributed by atoms with Crippen molar-refractivity contribution in [1.82, 2.24) is 10.3 Å². The zero-order chi connectivity index (χ0) is 17.2. The van der Waals surface area contributed by atoms with Gasteiger partial charge < -0.3 is 10.1 Å². The molecule has 0 bridgehead atoms. The second-order valence-electron chi connectivity index (χ2n) is 6.38. The molecule has 3 nitrogen and oxygen atoms in total. The molecule has 1 fully saturated rings. The number of ether oxygens (including phenoxy) is 1. The number of nitrogens with zero attached hydrogens (tertiary/aromatic N) is 1. The molecule has 0 amide bonds. The van der Waals surface area contributed by atoms with Gasteiger partial charge in [-0.15, -0.1) is 0 Å². The summed E-state index contributed by atoms with van der Waals surface area (Å²) < 4.78 is 19.0. The monoisotopic (exact) mass is 356 g/mol. The van der Waals surface area contributed by atoms with E-state index in [-0.39, 0.29) is 11.1 Å². The fourth-order valence-electron chi connectivity index (χ4n) is 3.17. The predicted octanol–water partition coefficient (Wildman–Crippen LogP) is 4.73. The molecule has 0 atom stereocenters. The van der Waals surface area contributed by atoms with E-state index < -0.39 is 5.82 Å². The maximum absolute atomic E-state index is 13.2. The van der Waals surface area contributed by atoms with Gasteiger partial charge in [0.25, 0.3) is 0 Å². The van der Waals surface area contributed by atoms with Crippen LogP contribution in [0.3, 0.4) is 0 Å². The highest BCUT2D eigenvalue weighted by Crippen LogP contribution is 2.29. The average Bonchev–Trinajstić information content (AvgIpc) is 2.60. The predicted molar refractivity (Wildman–Crippen MR) is 97.4 cm³/mol. The van der Waals surface area contributed by atoms with Crippen molar-refractivity contribution >= 4 is 22.4 Å². The smallest absolute Gasteiger partial charge is 0.142 e. The maximum atomic E-state index is 13.2. The van der Waals surface area contributed by atoms with Gasteiger partial charge in [-0.1, -0.05) is 29.8 Å². The van der Waals surface area contributed by atoms with Crippen molar-refractivity contribution in [2.75, 3.05) is 0 Å². The Morgan fingerprint density at radius 3 is 2.92 bits per heavy atom. The van der Waals surface area contributed by atoms with E-state index in [1.54, 1.807) is 6.07 Å². The van der Waals surface area contributed by atoms with Gasteiger partial charge in [0.05, 0.1) is 5.02 Å². The first-order valence-electron chi connectivity index (χ1n) is 8.36. The molecule has 25 heavy (non-hydrogen) atoms. The molecule has 4 rings (SSSR count). The van der Waals surface area contributed by atoms with Crippen molar-refractivity contribution < 1.29 is 9.13 Å². The lowest BCUT2D eigenvalue weighted by molar-refractivity contribution is 0.0843. The number of halogens is 2. The van der Waals surface area contributed by atoms with Crippen LogP contribution < -0.4 is 10.1 Å². The Morgan fingerprint density at radius 1 is 1.20 bits per heavy atom. The summed E-state index contributed by atoms with van der Waals surface area (Å²) in [6, 6.07) is 13.2. The molecule has 1 aliphatic rings. The third kappa shape index (κ3) is 3.60. The van der Waals surface area contributed by atoms with E-state index in [4.69, 9.17) is 16.3 Å². The molecular formula is C20H18ClFN2O. The van der Waals surface area contributed by atoms with Crippen LogP contribution in [-0.2, 0) is 6.54 Å². The molecule has 5 heteroatoms. The molecule has 1 saturated carbocycles. The standard InChI is InChI=1S/C20H18ClFN2O/c21-19-10-16(4-5-20(19)22)25-17-8-15(9-17)24-12-14-3-1-2-13-11-23-7-6-18(13)14/h1-7,10-11,15,17,24H,8-9,12H2/t15-,17-. The van der Waals surface area contributed by atoms with Gasteiger partial charge in [-0.05, 0) is 42.0 Å². The number of aromatic nitrogens is 1. The Morgan fingerprint density at radius 2 is 2.08 bits per heavy atom. The van der Waals surface area contributed by atoms with Crippen LogP contribution in [0.4, 0.5) is 4.39 Å². The third-order valence-electron chi connectivity index (χ3n) is 4.64. The van der Waals surface area contributed by atoms with Crippen LogP contribution in [0.1, 0.15) is 18.4 Å². The van der Waals surface area contributed by atoms with Crippen molar-refractivity contribution in [3.05, 3.63) is 71.3 Å². The fourth-order valence-corrected chi connectivity index (χ4v) is 3.34. The van der Waals surface area contributed by atoms with E-state index in [0.717, 1.165) is 24.8 Å². The van der Waals surface area contributed by atoms with E-state index in [1.165, 1.54) is 23.1 Å². The molecule has 1 aromatic heterocycles. The lowest BCUT2D eigenvalue weighted by Crippen LogP contribution is -2.46. The normalized spacial score (nSPS) is 19.6. The summed E-state index contributed by atoms with van der Waals surface area (Å²) >= 11 is 5.78. The molecule has 0 spiro atoms. The average molecular weight is 357 g/mol. The van der Waals surface area contributed by atoms with Crippen LogP contribution in [0, 0.1) is 5.82 Å². The van der Waals surface area contributed by atoms with Crippen molar-refractivity contribution in [3.63, 3.8) is 0 Å². The molecule has 0 saturated heterocycles. The summed E-state index contributed by atoms with van der Waals surface area (Å²) in [5.41, 5.74) is 1.27. The zero-order valence-corrected chi connectivity index (χ0v) is 14.3. The third-order valence-corrected chi connectivity index (χ3v) is 4.93. The fraction of sp³-hybridized carbons (Fsp3) is 0.250. The Hall–Kier alpha value is -2.17. The van der Waals surface area contributed by atoms with Gasteiger partial charge in [0.2, 0.25) is 0 Å². The number of rotatable bonds is 5. The van der Waals surface area contributed by atoms with E-state index in [2.05, 4.69) is 34.6 Å². The number of pyridine rings is 1. The van der Waals surface area contributed by atoms with Gasteiger partial charge in [-0.25, -0.2) is 4.39 Å². The minimum Gasteiger partial charge on any atom is -0.490 e. The van der Waals surface area contributed by atoms with Gasteiger partial charge in [0, 0.05) is 36.4 Å². The van der Waals surface area contributed by atoms with Crippen molar-refractivity contribution in [2.45, 2.75) is 31.5 Å². The highest BCUT2D eigenvalue weighted by molar-refractivity contribution is 6.30. The number of nitrogens with one attached hydrogen (secondary N) is 1. The number of benzene rings is 2. The summed E-state index contributed by atoms with van der Waals surface area (Å²) in [4.78, 5) is 4.17. The Bertz CT molecular complexity index is 891. The highest BCUT2D eigenvalue weighted by Gasteiger charge is 2.30. The molecule has 0 unspecified atom stereocenters. The quantitative estimate of drug-likeness (QED) is 0.717. The first-order valence-corrected chi connectivity index (χ1v) is 8.73. The number of hydrogen-bond donors (Lipinski definition) is 1. The second kappa shape index (κ2) is 6.98. The number of hydrogen-bond acceptors (Lipinski definition) is 3. The van der Waals surface area contributed by atoms with Crippen LogP contribution >= 0.6 is 11.6 Å². The lowest BCUT2D eigenvalue weighted by Gasteiger charge is -2.36. The van der Waals surface area contributed by atoms with Gasteiger partial charge in [-0.2, -0.15) is 0 Å². The van der Waals surface area contributed by atoms with Crippen molar-refractivity contribution in [3.8, 4) is 5.75 Å². The van der Waals surface area contributed by atoms with Crippen LogP contribution in [-0.4, -0.2) is 17.1 Å². The maximum Gasteiger partial charge on any atom is 0.142 e. The summed E-state index contributed by atoms with van der Waals surface area (Å²) in [6.07, 6.45) is 5.73. The lowest BCUT2D eigenvalue weighted by atomic mass is 9.89. The molecule has 3 aromatic rings. The molecule has 2 aromatic carbocycles. The van der Waals surface area contributed by atoms with Crippen LogP contribution in [0.2, 0.25) is 5.02 Å². The molecule has 1 aliphatic carbocycles. The molecule has 0 aliphatic heterocycles. The summed E-state index contributed by atoms with van der Waals surface area (Å²) in [7, 11) is 0. The van der Waals surface area contributed by atoms with E-state index in [9.17, 15) is 4.39 Å². The SMILES string of the molecule is Fc1ccc(O[C@H]2C[C@H](NCc3cccc4cnccc34)C2)cc1Cl. The van der Waals surface area contributed by atoms with E-state index >= 15 is 0 Å². The molecular weight excluding hydrogens is 339 g/mol. The molecule has 0 radical (unpaired) electrons. The zero-order valence-electron chi connectivity index (χ0n) is 13.6. The summed E-state index contributed by atoms with van der Waals surface area (Å²) in [5.74, 6) is 0.198. The van der Waals surface area contributed by atoms with Crippen LogP contribution in [0.5, 0.6) is 5.75 Å². The highest BCUT2D eigenvalue weighted by atomic mass is 35.5. The Labute approximate surface area is 150 Å². The first-order chi connectivity index (χ1) is 12.2. The molecule has 128 valence electrons. The molecule has 1 heterocycles. The number of fused-ring (bicyclic) bond motifs is 1. The second-order valence-corrected chi connectivity index (χ2v) is 6.79. The largest absolute Gasteiger partial charge is 0.490 e.